The fraction of sp³-hybridized carbons (Fsp3) is 0.280. The molecule has 0 unspecified atom stereocenters. The lowest BCUT2D eigenvalue weighted by Gasteiger charge is -2.42. The molecule has 168 valence electrons. The van der Waals surface area contributed by atoms with Gasteiger partial charge in [-0.2, -0.15) is 9.57 Å². The van der Waals surface area contributed by atoms with E-state index < -0.39 is 10.0 Å². The average Bonchev–Trinajstić information content (AvgIpc) is 2.84. The van der Waals surface area contributed by atoms with Crippen molar-refractivity contribution in [2.24, 2.45) is 5.92 Å². The summed E-state index contributed by atoms with van der Waals surface area (Å²) in [4.78, 5) is 13.0. The van der Waals surface area contributed by atoms with E-state index >= 15 is 0 Å². The Hall–Kier alpha value is -3.41. The van der Waals surface area contributed by atoms with Crippen molar-refractivity contribution in [3.8, 4) is 22.9 Å². The van der Waals surface area contributed by atoms with E-state index in [4.69, 9.17) is 4.74 Å². The Morgan fingerprint density at radius 3 is 2.55 bits per heavy atom. The fourth-order valence-corrected chi connectivity index (χ4v) is 6.63. The molecule has 1 saturated heterocycles. The monoisotopic (exact) mass is 461 g/mol. The summed E-state index contributed by atoms with van der Waals surface area (Å²) in [6.45, 7) is 1.16. The van der Waals surface area contributed by atoms with Crippen LogP contribution in [0.3, 0.4) is 0 Å². The molecule has 0 radical (unpaired) electrons. The van der Waals surface area contributed by atoms with Crippen molar-refractivity contribution < 1.29 is 13.2 Å². The van der Waals surface area contributed by atoms with Crippen molar-refractivity contribution in [2.45, 2.75) is 23.8 Å². The van der Waals surface area contributed by atoms with E-state index in [1.165, 1.54) is 0 Å². The first-order valence-electron chi connectivity index (χ1n) is 10.8. The van der Waals surface area contributed by atoms with Crippen molar-refractivity contribution in [3.05, 3.63) is 82.3 Å². The smallest absolute Gasteiger partial charge is 0.250 e. The number of pyridine rings is 1. The molecule has 8 heteroatoms. The summed E-state index contributed by atoms with van der Waals surface area (Å²) in [5.74, 6) is 0.546. The van der Waals surface area contributed by atoms with Gasteiger partial charge < -0.3 is 9.30 Å². The van der Waals surface area contributed by atoms with Crippen LogP contribution in [0.4, 0.5) is 0 Å². The summed E-state index contributed by atoms with van der Waals surface area (Å²) in [5.41, 5.74) is 3.04. The minimum absolute atomic E-state index is 0.0580. The summed E-state index contributed by atoms with van der Waals surface area (Å²) in [6.07, 6.45) is 0.822. The molecule has 0 saturated carbocycles. The van der Waals surface area contributed by atoms with E-state index in [9.17, 15) is 18.5 Å². The van der Waals surface area contributed by atoms with E-state index in [-0.39, 0.29) is 22.3 Å². The molecule has 3 heterocycles. The van der Waals surface area contributed by atoms with Gasteiger partial charge in [0.05, 0.1) is 23.6 Å². The predicted molar refractivity (Wildman–Crippen MR) is 123 cm³/mol. The molecular formula is C25H23N3O4S. The zero-order valence-corrected chi connectivity index (χ0v) is 19.0. The van der Waals surface area contributed by atoms with Crippen LogP contribution in [0.5, 0.6) is 5.75 Å². The van der Waals surface area contributed by atoms with E-state index in [1.54, 1.807) is 64.5 Å². The molecule has 7 nitrogen and oxygen atoms in total. The van der Waals surface area contributed by atoms with Crippen LogP contribution >= 0.6 is 0 Å². The van der Waals surface area contributed by atoms with Crippen molar-refractivity contribution >= 4 is 10.0 Å². The number of rotatable bonds is 4. The molecule has 1 aromatic heterocycles. The second kappa shape index (κ2) is 8.18. The molecule has 2 aliphatic rings. The van der Waals surface area contributed by atoms with Gasteiger partial charge in [-0.1, -0.05) is 12.1 Å². The highest BCUT2D eigenvalue weighted by Crippen LogP contribution is 2.41. The number of hydrogen-bond donors (Lipinski definition) is 0. The van der Waals surface area contributed by atoms with Crippen LogP contribution in [0.25, 0.3) is 11.1 Å². The molecule has 0 N–H and O–H groups in total. The lowest BCUT2D eigenvalue weighted by molar-refractivity contribution is 0.187. The quantitative estimate of drug-likeness (QED) is 0.595. The number of hydrogen-bond acceptors (Lipinski definition) is 5. The Labute approximate surface area is 192 Å². The molecule has 5 rings (SSSR count). The van der Waals surface area contributed by atoms with Gasteiger partial charge >= 0.3 is 0 Å². The van der Waals surface area contributed by atoms with E-state index in [0.717, 1.165) is 23.2 Å². The van der Waals surface area contributed by atoms with Gasteiger partial charge in [0.1, 0.15) is 5.75 Å². The molecule has 3 aromatic rings. The standard InChI is InChI=1S/C25H23N3O4S/c1-32-21-5-7-22(8-6-21)33(30,31)27-14-18-12-20(16-27)25-23(9-10-24(29)28(25)15-18)19-4-2-3-17(11-19)13-26/h2-11,18,20H,12,14-16H2,1H3/t18-,20+/m0/s1. The van der Waals surface area contributed by atoms with Crippen molar-refractivity contribution in [2.75, 3.05) is 20.2 Å². The molecule has 2 atom stereocenters. The molecular weight excluding hydrogens is 438 g/mol. The van der Waals surface area contributed by atoms with Crippen LogP contribution in [0.2, 0.25) is 0 Å². The highest BCUT2D eigenvalue weighted by atomic mass is 32.2. The number of nitrogens with zero attached hydrogens (tertiary/aromatic N) is 3. The fourth-order valence-electron chi connectivity index (χ4n) is 5.06. The minimum Gasteiger partial charge on any atom is -0.497 e. The third-order valence-corrected chi connectivity index (χ3v) is 8.40. The number of fused-ring (bicyclic) bond motifs is 4. The Bertz CT molecular complexity index is 1420. The number of aromatic nitrogens is 1. The van der Waals surface area contributed by atoms with Gasteiger partial charge in [-0.3, -0.25) is 4.79 Å². The summed E-state index contributed by atoms with van der Waals surface area (Å²) >= 11 is 0. The van der Waals surface area contributed by atoms with Crippen LogP contribution in [0, 0.1) is 17.2 Å². The molecule has 0 spiro atoms. The number of benzene rings is 2. The number of nitriles is 1. The number of sulfonamides is 1. The topological polar surface area (TPSA) is 92.4 Å². The third-order valence-electron chi connectivity index (χ3n) is 6.56. The second-order valence-electron chi connectivity index (χ2n) is 8.57. The van der Waals surface area contributed by atoms with Crippen molar-refractivity contribution in [1.29, 1.82) is 5.26 Å². The molecule has 2 aliphatic heterocycles. The zero-order valence-electron chi connectivity index (χ0n) is 18.1. The highest BCUT2D eigenvalue weighted by molar-refractivity contribution is 7.89. The van der Waals surface area contributed by atoms with Crippen molar-refractivity contribution in [3.63, 3.8) is 0 Å². The van der Waals surface area contributed by atoms with Crippen LogP contribution in [-0.2, 0) is 16.6 Å². The molecule has 0 amide bonds. The first-order chi connectivity index (χ1) is 15.9. The van der Waals surface area contributed by atoms with Crippen LogP contribution < -0.4 is 10.3 Å². The van der Waals surface area contributed by atoms with Gasteiger partial charge in [0, 0.05) is 42.9 Å². The maximum absolute atomic E-state index is 13.4. The SMILES string of the molecule is COc1ccc(S(=O)(=O)N2C[C@@H]3C[C@H](C2)c2c(-c4cccc(C#N)c4)ccc(=O)n2C3)cc1. The number of piperidine rings is 1. The Morgan fingerprint density at radius 1 is 1.03 bits per heavy atom. The van der Waals surface area contributed by atoms with E-state index in [1.807, 2.05) is 12.1 Å². The van der Waals surface area contributed by atoms with Gasteiger partial charge in [0.15, 0.2) is 0 Å². The predicted octanol–water partition coefficient (Wildman–Crippen LogP) is 3.20. The van der Waals surface area contributed by atoms with Crippen LogP contribution in [0.15, 0.2) is 70.4 Å². The lowest BCUT2D eigenvalue weighted by Crippen LogP contribution is -2.49. The molecule has 1 fully saturated rings. The maximum atomic E-state index is 13.4. The van der Waals surface area contributed by atoms with E-state index in [2.05, 4.69) is 6.07 Å². The third kappa shape index (κ3) is 3.73. The average molecular weight is 462 g/mol. The largest absolute Gasteiger partial charge is 0.497 e. The summed E-state index contributed by atoms with van der Waals surface area (Å²) < 4.78 is 35.3. The molecule has 33 heavy (non-hydrogen) atoms. The Morgan fingerprint density at radius 2 is 1.82 bits per heavy atom. The molecule has 2 aromatic carbocycles. The van der Waals surface area contributed by atoms with Gasteiger partial charge in [-0.25, -0.2) is 8.42 Å². The normalized spacial score (nSPS) is 20.0. The van der Waals surface area contributed by atoms with Crippen LogP contribution in [0.1, 0.15) is 23.6 Å². The summed E-state index contributed by atoms with van der Waals surface area (Å²) in [5, 5.41) is 9.31. The summed E-state index contributed by atoms with van der Waals surface area (Å²) in [7, 11) is -2.14. The first kappa shape index (κ1) is 21.4. The first-order valence-corrected chi connectivity index (χ1v) is 12.2. The van der Waals surface area contributed by atoms with Crippen molar-refractivity contribution in [1.82, 2.24) is 8.87 Å². The molecule has 0 aliphatic carbocycles. The highest BCUT2D eigenvalue weighted by Gasteiger charge is 2.40. The number of ether oxygens (including phenoxy) is 1. The van der Waals surface area contributed by atoms with Gasteiger partial charge in [-0.15, -0.1) is 0 Å². The minimum atomic E-state index is -3.68. The van der Waals surface area contributed by atoms with Gasteiger partial charge in [-0.05, 0) is 60.4 Å². The number of methoxy groups -OCH3 is 1. The second-order valence-corrected chi connectivity index (χ2v) is 10.5. The Kier molecular flexibility index (Phi) is 5.31. The van der Waals surface area contributed by atoms with Crippen LogP contribution in [-0.4, -0.2) is 37.5 Å². The lowest BCUT2D eigenvalue weighted by atomic mass is 9.81. The summed E-state index contributed by atoms with van der Waals surface area (Å²) in [6, 6.07) is 19.2. The zero-order chi connectivity index (χ0) is 23.2. The molecule has 2 bridgehead atoms. The van der Waals surface area contributed by atoms with E-state index in [0.29, 0.717) is 30.9 Å². The maximum Gasteiger partial charge on any atom is 0.250 e. The van der Waals surface area contributed by atoms with Gasteiger partial charge in [0.2, 0.25) is 10.0 Å². The van der Waals surface area contributed by atoms with Gasteiger partial charge in [0.25, 0.3) is 5.56 Å². The Balaban J connectivity index is 1.55.